The van der Waals surface area contributed by atoms with E-state index in [1.165, 1.54) is 25.7 Å². The van der Waals surface area contributed by atoms with Gasteiger partial charge in [0.2, 0.25) is 5.91 Å². The molecule has 120 valence electrons. The Morgan fingerprint density at radius 3 is 2.76 bits per heavy atom. The van der Waals surface area contributed by atoms with Crippen molar-refractivity contribution in [1.82, 2.24) is 10.2 Å². The third-order valence-corrected chi connectivity index (χ3v) is 5.86. The van der Waals surface area contributed by atoms with Gasteiger partial charge >= 0.3 is 0 Å². The van der Waals surface area contributed by atoms with Gasteiger partial charge in [-0.05, 0) is 44.7 Å². The van der Waals surface area contributed by atoms with Crippen molar-refractivity contribution in [2.24, 2.45) is 11.3 Å². The third-order valence-electron chi connectivity index (χ3n) is 5.86. The molecule has 4 nitrogen and oxygen atoms in total. The molecule has 2 aliphatic heterocycles. The quantitative estimate of drug-likeness (QED) is 0.849. The number of nitrogens with zero attached hydrogens (tertiary/aromatic N) is 1. The van der Waals surface area contributed by atoms with Gasteiger partial charge in [-0.2, -0.15) is 0 Å². The normalized spacial score (nSPS) is 34.4. The summed E-state index contributed by atoms with van der Waals surface area (Å²) in [5.41, 5.74) is -0.257. The van der Waals surface area contributed by atoms with Gasteiger partial charge in [-0.1, -0.05) is 26.7 Å². The van der Waals surface area contributed by atoms with E-state index in [0.717, 1.165) is 32.5 Å². The molecular formula is C17H30N2O2. The van der Waals surface area contributed by atoms with Gasteiger partial charge in [0, 0.05) is 12.0 Å². The van der Waals surface area contributed by atoms with Gasteiger partial charge in [-0.15, -0.1) is 0 Å². The van der Waals surface area contributed by atoms with Gasteiger partial charge in [0.25, 0.3) is 0 Å². The molecular weight excluding hydrogens is 264 g/mol. The highest BCUT2D eigenvalue weighted by molar-refractivity contribution is 5.83. The molecule has 3 aliphatic rings. The van der Waals surface area contributed by atoms with Crippen LogP contribution in [0.5, 0.6) is 0 Å². The van der Waals surface area contributed by atoms with Crippen LogP contribution < -0.4 is 5.32 Å². The lowest BCUT2D eigenvalue weighted by atomic mass is 9.73. The van der Waals surface area contributed by atoms with Gasteiger partial charge in [0.05, 0.1) is 18.8 Å². The molecule has 4 heteroatoms. The largest absolute Gasteiger partial charge is 0.374 e. The van der Waals surface area contributed by atoms with Crippen molar-refractivity contribution in [3.05, 3.63) is 0 Å². The van der Waals surface area contributed by atoms with E-state index in [1.807, 2.05) is 0 Å². The molecule has 3 unspecified atom stereocenters. The fourth-order valence-electron chi connectivity index (χ4n) is 4.36. The number of nitrogens with one attached hydrogen (secondary N) is 1. The molecule has 1 saturated carbocycles. The molecule has 0 radical (unpaired) electrons. The van der Waals surface area contributed by atoms with Crippen LogP contribution in [0.3, 0.4) is 0 Å². The van der Waals surface area contributed by atoms with Gasteiger partial charge in [0.15, 0.2) is 0 Å². The molecule has 3 rings (SSSR count). The maximum atomic E-state index is 13.2. The summed E-state index contributed by atoms with van der Waals surface area (Å²) in [6.07, 6.45) is 7.38. The summed E-state index contributed by atoms with van der Waals surface area (Å²) in [7, 11) is 0. The van der Waals surface area contributed by atoms with Crippen LogP contribution in [0, 0.1) is 11.3 Å². The molecule has 1 N–H and O–H groups in total. The molecule has 3 atom stereocenters. The molecule has 1 aliphatic carbocycles. The second kappa shape index (κ2) is 6.25. The number of rotatable bonds is 2. The molecule has 0 aromatic rings. The zero-order valence-electron chi connectivity index (χ0n) is 13.6. The molecule has 3 fully saturated rings. The first-order valence-corrected chi connectivity index (χ1v) is 8.74. The van der Waals surface area contributed by atoms with Crippen molar-refractivity contribution in [3.63, 3.8) is 0 Å². The first kappa shape index (κ1) is 15.3. The van der Waals surface area contributed by atoms with E-state index in [4.69, 9.17) is 4.74 Å². The SMILES string of the molecule is CC(C)(C(=O)N1CCOC2CCCCC21)C1CCCNC1. The van der Waals surface area contributed by atoms with Gasteiger partial charge in [0.1, 0.15) is 0 Å². The number of hydrogen-bond donors (Lipinski definition) is 1. The predicted molar refractivity (Wildman–Crippen MR) is 83.1 cm³/mol. The smallest absolute Gasteiger partial charge is 0.228 e. The van der Waals surface area contributed by atoms with Crippen molar-refractivity contribution in [3.8, 4) is 0 Å². The minimum absolute atomic E-state index is 0.257. The van der Waals surface area contributed by atoms with Crippen LogP contribution in [0.25, 0.3) is 0 Å². The van der Waals surface area contributed by atoms with Crippen molar-refractivity contribution < 1.29 is 9.53 Å². The lowest BCUT2D eigenvalue weighted by Gasteiger charge is -2.48. The summed E-state index contributed by atoms with van der Waals surface area (Å²) in [4.78, 5) is 15.4. The Bertz CT molecular complexity index is 375. The Morgan fingerprint density at radius 1 is 1.19 bits per heavy atom. The second-order valence-corrected chi connectivity index (χ2v) is 7.52. The number of fused-ring (bicyclic) bond motifs is 1. The van der Waals surface area contributed by atoms with Crippen molar-refractivity contribution >= 4 is 5.91 Å². The highest BCUT2D eigenvalue weighted by Crippen LogP contribution is 2.37. The number of amides is 1. The number of ether oxygens (including phenoxy) is 1. The number of hydrogen-bond acceptors (Lipinski definition) is 3. The second-order valence-electron chi connectivity index (χ2n) is 7.52. The van der Waals surface area contributed by atoms with Crippen LogP contribution >= 0.6 is 0 Å². The third kappa shape index (κ3) is 2.98. The van der Waals surface area contributed by atoms with Crippen LogP contribution in [0.2, 0.25) is 0 Å². The predicted octanol–water partition coefficient (Wildman–Crippen LogP) is 2.18. The first-order chi connectivity index (χ1) is 10.1. The number of carbonyl (C=O) groups is 1. The first-order valence-electron chi connectivity index (χ1n) is 8.74. The molecule has 2 heterocycles. The fourth-order valence-corrected chi connectivity index (χ4v) is 4.36. The van der Waals surface area contributed by atoms with E-state index >= 15 is 0 Å². The molecule has 0 spiro atoms. The average Bonchev–Trinajstić information content (AvgIpc) is 2.54. The number of carbonyl (C=O) groups excluding carboxylic acids is 1. The van der Waals surface area contributed by atoms with Gasteiger partial charge in [-0.25, -0.2) is 0 Å². The minimum Gasteiger partial charge on any atom is -0.374 e. The topological polar surface area (TPSA) is 41.6 Å². The Kier molecular flexibility index (Phi) is 4.55. The van der Waals surface area contributed by atoms with E-state index in [0.29, 0.717) is 24.5 Å². The van der Waals surface area contributed by atoms with Crippen molar-refractivity contribution in [2.75, 3.05) is 26.2 Å². The lowest BCUT2D eigenvalue weighted by molar-refractivity contribution is -0.161. The van der Waals surface area contributed by atoms with Crippen molar-refractivity contribution in [1.29, 1.82) is 0 Å². The Morgan fingerprint density at radius 2 is 2.00 bits per heavy atom. The molecule has 0 bridgehead atoms. The molecule has 21 heavy (non-hydrogen) atoms. The fraction of sp³-hybridized carbons (Fsp3) is 0.941. The van der Waals surface area contributed by atoms with Crippen LogP contribution in [0.1, 0.15) is 52.4 Å². The maximum Gasteiger partial charge on any atom is 0.228 e. The van der Waals surface area contributed by atoms with E-state index in [9.17, 15) is 4.79 Å². The number of piperidine rings is 1. The Hall–Kier alpha value is -0.610. The maximum absolute atomic E-state index is 13.2. The standard InChI is InChI=1S/C17H30N2O2/c1-17(2,13-6-5-9-18-12-13)16(20)19-10-11-21-15-8-4-3-7-14(15)19/h13-15,18H,3-12H2,1-2H3. The highest BCUT2D eigenvalue weighted by Gasteiger charge is 2.44. The Balaban J connectivity index is 1.72. The molecule has 1 amide bonds. The minimum atomic E-state index is -0.257. The molecule has 0 aromatic heterocycles. The van der Waals surface area contributed by atoms with Gasteiger partial charge < -0.3 is 15.0 Å². The van der Waals surface area contributed by atoms with Crippen LogP contribution in [-0.4, -0.2) is 49.2 Å². The zero-order chi connectivity index (χ0) is 14.9. The summed E-state index contributed by atoms with van der Waals surface area (Å²) in [6.45, 7) is 7.89. The van der Waals surface area contributed by atoms with E-state index in [2.05, 4.69) is 24.1 Å². The summed E-state index contributed by atoms with van der Waals surface area (Å²) in [6, 6.07) is 0.329. The van der Waals surface area contributed by atoms with Crippen LogP contribution in [-0.2, 0) is 9.53 Å². The Labute approximate surface area is 128 Å². The van der Waals surface area contributed by atoms with Gasteiger partial charge in [-0.3, -0.25) is 4.79 Å². The molecule has 0 aromatic carbocycles. The lowest BCUT2D eigenvalue weighted by Crippen LogP contribution is -2.59. The van der Waals surface area contributed by atoms with E-state index in [-0.39, 0.29) is 11.5 Å². The molecule has 2 saturated heterocycles. The van der Waals surface area contributed by atoms with E-state index < -0.39 is 0 Å². The number of morpholine rings is 1. The van der Waals surface area contributed by atoms with E-state index in [1.54, 1.807) is 0 Å². The monoisotopic (exact) mass is 294 g/mol. The summed E-state index contributed by atoms with van der Waals surface area (Å²) >= 11 is 0. The highest BCUT2D eigenvalue weighted by atomic mass is 16.5. The summed E-state index contributed by atoms with van der Waals surface area (Å²) in [5.74, 6) is 0.819. The summed E-state index contributed by atoms with van der Waals surface area (Å²) < 4.78 is 5.91. The van der Waals surface area contributed by atoms with Crippen LogP contribution in [0.15, 0.2) is 0 Å². The average molecular weight is 294 g/mol. The summed E-state index contributed by atoms with van der Waals surface area (Å²) in [5, 5.41) is 3.46. The van der Waals surface area contributed by atoms with Crippen molar-refractivity contribution in [2.45, 2.75) is 64.5 Å². The van der Waals surface area contributed by atoms with Crippen LogP contribution in [0.4, 0.5) is 0 Å². The zero-order valence-corrected chi connectivity index (χ0v) is 13.6.